The third-order valence-corrected chi connectivity index (χ3v) is 17.0. The first-order valence-electron chi connectivity index (χ1n) is 25.4. The highest BCUT2D eigenvalue weighted by Crippen LogP contribution is 2.55. The van der Waals surface area contributed by atoms with Crippen molar-refractivity contribution in [1.29, 1.82) is 5.26 Å². The van der Waals surface area contributed by atoms with E-state index >= 15 is 0 Å². The molecule has 1 aromatic heterocycles. The number of aromatic nitrogens is 1. The molecule has 3 aliphatic heterocycles. The first-order chi connectivity index (χ1) is 34.5. The van der Waals surface area contributed by atoms with E-state index in [9.17, 15) is 29.5 Å². The molecule has 4 atom stereocenters. The second-order valence-corrected chi connectivity index (χ2v) is 24.2. The largest absolute Gasteiger partial charge is 0.489 e. The van der Waals surface area contributed by atoms with Crippen LogP contribution in [0.4, 0.5) is 0 Å². The minimum Gasteiger partial charge on any atom is -0.489 e. The molecule has 17 heteroatoms. The third kappa shape index (κ3) is 11.5. The van der Waals surface area contributed by atoms with Gasteiger partial charge in [0.25, 0.3) is 5.91 Å². The molecule has 0 radical (unpaired) electrons. The van der Waals surface area contributed by atoms with Crippen molar-refractivity contribution < 1.29 is 33.8 Å². The van der Waals surface area contributed by atoms with E-state index in [4.69, 9.17) is 21.1 Å². The molecular formula is C56H71ClN8O7S. The van der Waals surface area contributed by atoms with Crippen molar-refractivity contribution in [3.63, 3.8) is 0 Å². The Labute approximate surface area is 439 Å². The van der Waals surface area contributed by atoms with Crippen LogP contribution >= 0.6 is 22.9 Å². The van der Waals surface area contributed by atoms with Gasteiger partial charge in [-0.05, 0) is 73.2 Å². The summed E-state index contributed by atoms with van der Waals surface area (Å²) in [5.74, 6) is -0.560. The number of piperazine rings is 1. The van der Waals surface area contributed by atoms with Crippen molar-refractivity contribution in [2.45, 2.75) is 117 Å². The molecule has 73 heavy (non-hydrogen) atoms. The highest BCUT2D eigenvalue weighted by molar-refractivity contribution is 7.13. The number of nitrogens with zero attached hydrogens (tertiary/aromatic N) is 5. The number of hydrogen-bond donors (Lipinski definition) is 4. The summed E-state index contributed by atoms with van der Waals surface area (Å²) in [7, 11) is 0. The van der Waals surface area contributed by atoms with Crippen LogP contribution in [0.15, 0.2) is 72.2 Å². The number of ether oxygens (including phenoxy) is 2. The Morgan fingerprint density at radius 2 is 1.62 bits per heavy atom. The monoisotopic (exact) mass is 1030 g/mol. The van der Waals surface area contributed by atoms with Gasteiger partial charge in [-0.1, -0.05) is 96.5 Å². The van der Waals surface area contributed by atoms with E-state index in [2.05, 4.69) is 76.6 Å². The molecule has 1 aliphatic carbocycles. The molecule has 4 fully saturated rings. The van der Waals surface area contributed by atoms with Crippen LogP contribution in [0.3, 0.4) is 0 Å². The molecule has 4 amide bonds. The molecule has 0 unspecified atom stereocenters. The standard InChI is InChI=1S/C56H71ClN8O7S/c1-34(36-10-12-37(13-11-36)46-35(2)59-33-73-46)60-49(69)44-26-41(66)29-65(44)50(70)47(53(3,4)5)61-45(67)30-64-24-22-63(23-25-64)21-20-56(31-71-32-56)40-17-14-38(15-18-40)48(68)62-51-54(6,7)52(55(51,8)9)72-42-19-16-39(28-58)43(57)27-42/h10-19,27,33-34,41,44,47,51-52,66H,20-26,29-32H2,1-9H3,(H,60,69)(H,61,67)(H,62,68)/t34-,41+,44-,47+,51-,52-/m0/s1. The molecule has 4 aliphatic rings. The summed E-state index contributed by atoms with van der Waals surface area (Å²) in [6.07, 6.45) is -0.0798. The fourth-order valence-electron chi connectivity index (χ4n) is 11.6. The van der Waals surface area contributed by atoms with Gasteiger partial charge < -0.3 is 40.3 Å². The van der Waals surface area contributed by atoms with Crippen molar-refractivity contribution in [3.8, 4) is 22.3 Å². The van der Waals surface area contributed by atoms with Gasteiger partial charge in [-0.15, -0.1) is 11.3 Å². The smallest absolute Gasteiger partial charge is 0.251 e. The molecule has 1 saturated carbocycles. The summed E-state index contributed by atoms with van der Waals surface area (Å²) >= 11 is 7.86. The molecule has 4 N–H and O–H groups in total. The van der Waals surface area contributed by atoms with Crippen molar-refractivity contribution in [2.75, 3.05) is 59.0 Å². The number of thiazole rings is 1. The highest BCUT2D eigenvalue weighted by Gasteiger charge is 2.64. The molecule has 390 valence electrons. The predicted octanol–water partition coefficient (Wildman–Crippen LogP) is 6.90. The number of benzene rings is 3. The minimum absolute atomic E-state index is 0.00439. The summed E-state index contributed by atoms with van der Waals surface area (Å²) in [5, 5.41) is 29.7. The number of aliphatic hydroxyl groups excluding tert-OH is 1. The number of nitrogens with one attached hydrogen (secondary N) is 3. The Morgan fingerprint density at radius 1 is 0.959 bits per heavy atom. The lowest BCUT2D eigenvalue weighted by molar-refractivity contribution is -0.164. The Kier molecular flexibility index (Phi) is 15.8. The van der Waals surface area contributed by atoms with E-state index in [0.717, 1.165) is 53.3 Å². The fourth-order valence-corrected chi connectivity index (χ4v) is 12.6. The number of carbonyl (C=O) groups is 4. The number of amides is 4. The highest BCUT2D eigenvalue weighted by atomic mass is 35.5. The maximum Gasteiger partial charge on any atom is 0.251 e. The summed E-state index contributed by atoms with van der Waals surface area (Å²) in [6.45, 7) is 23.0. The first-order valence-corrected chi connectivity index (χ1v) is 26.7. The molecule has 3 saturated heterocycles. The Bertz CT molecular complexity index is 2690. The quantitative estimate of drug-likeness (QED) is 0.0914. The van der Waals surface area contributed by atoms with Crippen LogP contribution in [0.25, 0.3) is 10.4 Å². The van der Waals surface area contributed by atoms with Gasteiger partial charge in [0.05, 0.1) is 58.6 Å². The van der Waals surface area contributed by atoms with Crippen molar-refractivity contribution in [2.24, 2.45) is 16.2 Å². The maximum atomic E-state index is 14.3. The van der Waals surface area contributed by atoms with Gasteiger partial charge in [0.2, 0.25) is 17.7 Å². The zero-order valence-corrected chi connectivity index (χ0v) is 45.2. The van der Waals surface area contributed by atoms with Crippen LogP contribution in [0.1, 0.15) is 107 Å². The topological polar surface area (TPSA) is 189 Å². The van der Waals surface area contributed by atoms with Crippen LogP contribution in [0, 0.1) is 34.5 Å². The van der Waals surface area contributed by atoms with Gasteiger partial charge in [-0.25, -0.2) is 4.98 Å². The number of aliphatic hydroxyl groups is 1. The number of nitriles is 1. The van der Waals surface area contributed by atoms with Gasteiger partial charge in [0, 0.05) is 73.1 Å². The van der Waals surface area contributed by atoms with Crippen molar-refractivity contribution in [1.82, 2.24) is 35.6 Å². The fraction of sp³-hybridized carbons (Fsp3) is 0.536. The molecule has 3 aromatic carbocycles. The first kappa shape index (κ1) is 53.9. The molecule has 8 rings (SSSR count). The van der Waals surface area contributed by atoms with E-state index < -0.39 is 23.6 Å². The van der Waals surface area contributed by atoms with Crippen LogP contribution in [0.5, 0.6) is 5.75 Å². The summed E-state index contributed by atoms with van der Waals surface area (Å²) in [6, 6.07) is 20.7. The van der Waals surface area contributed by atoms with E-state index in [1.807, 2.05) is 76.5 Å². The predicted molar refractivity (Wildman–Crippen MR) is 282 cm³/mol. The van der Waals surface area contributed by atoms with Gasteiger partial charge in [0.15, 0.2) is 0 Å². The lowest BCUT2D eigenvalue weighted by atomic mass is 9.49. The normalized spacial score (nSPS) is 23.2. The third-order valence-electron chi connectivity index (χ3n) is 15.7. The Balaban J connectivity index is 0.796. The van der Waals surface area contributed by atoms with Crippen LogP contribution in [0.2, 0.25) is 5.02 Å². The van der Waals surface area contributed by atoms with E-state index in [1.165, 1.54) is 4.90 Å². The van der Waals surface area contributed by atoms with Crippen LogP contribution < -0.4 is 20.7 Å². The average Bonchev–Trinajstić information content (AvgIpc) is 3.96. The number of halogens is 1. The molecular weight excluding hydrogens is 964 g/mol. The molecule has 0 bridgehead atoms. The second-order valence-electron chi connectivity index (χ2n) is 22.9. The zero-order valence-electron chi connectivity index (χ0n) is 43.6. The van der Waals surface area contributed by atoms with Gasteiger partial charge in [0.1, 0.15) is 30.0 Å². The molecule has 0 spiro atoms. The minimum atomic E-state index is -0.913. The van der Waals surface area contributed by atoms with Crippen molar-refractivity contribution >= 4 is 46.6 Å². The van der Waals surface area contributed by atoms with E-state index in [0.29, 0.717) is 48.2 Å². The summed E-state index contributed by atoms with van der Waals surface area (Å²) < 4.78 is 12.2. The van der Waals surface area contributed by atoms with E-state index in [1.54, 1.807) is 29.5 Å². The number of likely N-dealkylation sites (tertiary alicyclic amines) is 1. The van der Waals surface area contributed by atoms with Gasteiger partial charge in [-0.2, -0.15) is 5.26 Å². The van der Waals surface area contributed by atoms with Crippen LogP contribution in [-0.2, 0) is 24.5 Å². The summed E-state index contributed by atoms with van der Waals surface area (Å²) in [5.41, 5.74) is 5.27. The average molecular weight is 1040 g/mol. The SMILES string of the molecule is Cc1ncsc1-c1ccc([C@H](C)NC(=O)[C@@H]2C[C@@H](O)CN2C(=O)[C@@H](NC(=O)CN2CCN(CCC3(c4ccc(C(=O)N[C@H]5C(C)(C)[C@H](Oc6ccc(C#N)c(Cl)c6)C5(C)C)cc4)COC3)CC2)C(C)(C)C)cc1. The maximum absolute atomic E-state index is 14.3. The number of rotatable bonds is 16. The van der Waals surface area contributed by atoms with Gasteiger partial charge >= 0.3 is 0 Å². The second kappa shape index (κ2) is 21.4. The lowest BCUT2D eigenvalue weighted by Crippen LogP contribution is -2.74. The Morgan fingerprint density at radius 3 is 2.19 bits per heavy atom. The summed E-state index contributed by atoms with van der Waals surface area (Å²) in [4.78, 5) is 66.9. The lowest BCUT2D eigenvalue weighted by Gasteiger charge is -2.63. The zero-order chi connectivity index (χ0) is 52.6. The van der Waals surface area contributed by atoms with Crippen LogP contribution in [-0.4, -0.2) is 138 Å². The van der Waals surface area contributed by atoms with Crippen molar-refractivity contribution in [3.05, 3.63) is 105 Å². The number of aryl methyl sites for hydroxylation is 1. The molecule has 4 heterocycles. The Hall–Kier alpha value is -5.41. The van der Waals surface area contributed by atoms with Gasteiger partial charge in [-0.3, -0.25) is 24.1 Å². The number of carbonyl (C=O) groups excluding carboxylic acids is 4. The molecule has 4 aromatic rings. The van der Waals surface area contributed by atoms with E-state index in [-0.39, 0.29) is 77.6 Å². The number of hydrogen-bond acceptors (Lipinski definition) is 12. The number of β-amino-alcohol motifs (C(OH)–C–C–N with tert-alkyl or cyclic N) is 1. The molecule has 15 nitrogen and oxygen atoms in total.